The molecule has 1 amide bonds. The van der Waals surface area contributed by atoms with Gasteiger partial charge in [0.05, 0.1) is 24.3 Å². The third-order valence-corrected chi connectivity index (χ3v) is 4.47. The number of carbonyl (C=O) groups excluding carboxylic acids is 1. The quantitative estimate of drug-likeness (QED) is 0.559. The van der Waals surface area contributed by atoms with Crippen molar-refractivity contribution in [3.63, 3.8) is 0 Å². The maximum absolute atomic E-state index is 12.8. The topological polar surface area (TPSA) is 90.0 Å². The molecule has 0 atom stereocenters. The number of nitrogens with one attached hydrogen (secondary N) is 1. The molecular weight excluding hydrogens is 398 g/mol. The Balaban J connectivity index is 1.67. The average molecular weight is 412 g/mol. The lowest BCUT2D eigenvalue weighted by Crippen LogP contribution is -2.12. The van der Waals surface area contributed by atoms with E-state index in [1.165, 1.54) is 4.80 Å². The molecule has 0 bridgehead atoms. The summed E-state index contributed by atoms with van der Waals surface area (Å²) < 4.78 is 2.54. The van der Waals surface area contributed by atoms with E-state index in [0.717, 1.165) is 21.1 Å². The number of pyridine rings is 1. The van der Waals surface area contributed by atoms with Gasteiger partial charge in [0.2, 0.25) is 5.82 Å². The van der Waals surface area contributed by atoms with E-state index in [1.807, 2.05) is 37.3 Å². The smallest absolute Gasteiger partial charge is 0.259 e. The van der Waals surface area contributed by atoms with E-state index in [2.05, 4.69) is 41.8 Å². The predicted molar refractivity (Wildman–Crippen MR) is 99.8 cm³/mol. The number of hydrogen-bond acceptors (Lipinski definition) is 5. The Morgan fingerprint density at radius 3 is 2.85 bits per heavy atom. The van der Waals surface area contributed by atoms with Gasteiger partial charge in [0, 0.05) is 21.9 Å². The first-order chi connectivity index (χ1) is 12.5. The molecule has 0 aliphatic rings. The van der Waals surface area contributed by atoms with Gasteiger partial charge in [-0.2, -0.15) is 9.90 Å². The Morgan fingerprint density at radius 2 is 2.08 bits per heavy atom. The van der Waals surface area contributed by atoms with Gasteiger partial charge >= 0.3 is 0 Å². The standard InChI is InChI=1S/C17H14BrN7O/c1-10-3-4-11(16-21-23-24(2)22-16)7-14(10)20-17(26)13-9-19-25-6-5-12(18)8-15(13)25/h3-9H,1-2H3,(H,20,26). The van der Waals surface area contributed by atoms with Crippen molar-refractivity contribution >= 4 is 33.0 Å². The zero-order valence-electron chi connectivity index (χ0n) is 14.0. The number of tetrazole rings is 1. The Hall–Kier alpha value is -3.07. The summed E-state index contributed by atoms with van der Waals surface area (Å²) in [6.07, 6.45) is 3.35. The van der Waals surface area contributed by atoms with E-state index in [0.29, 0.717) is 17.1 Å². The summed E-state index contributed by atoms with van der Waals surface area (Å²) in [5.41, 5.74) is 3.62. The molecule has 0 saturated heterocycles. The predicted octanol–water partition coefficient (Wildman–Crippen LogP) is 2.85. The Morgan fingerprint density at radius 1 is 1.23 bits per heavy atom. The van der Waals surface area contributed by atoms with Crippen molar-refractivity contribution in [2.24, 2.45) is 7.05 Å². The Labute approximate surface area is 157 Å². The zero-order valence-corrected chi connectivity index (χ0v) is 15.6. The highest BCUT2D eigenvalue weighted by Gasteiger charge is 2.15. The van der Waals surface area contributed by atoms with Crippen molar-refractivity contribution in [2.45, 2.75) is 6.92 Å². The molecular formula is C17H14BrN7O. The highest BCUT2D eigenvalue weighted by atomic mass is 79.9. The van der Waals surface area contributed by atoms with Crippen LogP contribution in [0.3, 0.4) is 0 Å². The summed E-state index contributed by atoms with van der Waals surface area (Å²) in [6, 6.07) is 9.37. The minimum Gasteiger partial charge on any atom is -0.322 e. The van der Waals surface area contributed by atoms with Crippen LogP contribution in [0.4, 0.5) is 5.69 Å². The van der Waals surface area contributed by atoms with E-state index >= 15 is 0 Å². The van der Waals surface area contributed by atoms with Gasteiger partial charge in [-0.25, -0.2) is 4.52 Å². The van der Waals surface area contributed by atoms with Crippen molar-refractivity contribution < 1.29 is 4.79 Å². The monoisotopic (exact) mass is 411 g/mol. The van der Waals surface area contributed by atoms with Crippen LogP contribution in [0.25, 0.3) is 16.9 Å². The van der Waals surface area contributed by atoms with Crippen LogP contribution in [0, 0.1) is 6.92 Å². The van der Waals surface area contributed by atoms with Gasteiger partial charge < -0.3 is 5.32 Å². The second-order valence-corrected chi connectivity index (χ2v) is 6.74. The number of halogens is 1. The van der Waals surface area contributed by atoms with Crippen LogP contribution in [0.5, 0.6) is 0 Å². The van der Waals surface area contributed by atoms with Crippen LogP contribution < -0.4 is 5.32 Å². The van der Waals surface area contributed by atoms with Gasteiger partial charge in [-0.15, -0.1) is 10.2 Å². The van der Waals surface area contributed by atoms with Crippen LogP contribution >= 0.6 is 15.9 Å². The number of aryl methyl sites for hydroxylation is 2. The Bertz CT molecular complexity index is 1130. The molecule has 8 nitrogen and oxygen atoms in total. The molecule has 0 aliphatic carbocycles. The molecule has 0 fully saturated rings. The fourth-order valence-corrected chi connectivity index (χ4v) is 2.95. The third-order valence-electron chi connectivity index (χ3n) is 3.98. The van der Waals surface area contributed by atoms with Crippen LogP contribution in [0.15, 0.2) is 47.2 Å². The van der Waals surface area contributed by atoms with Crippen LogP contribution in [0.1, 0.15) is 15.9 Å². The summed E-state index contributed by atoms with van der Waals surface area (Å²) in [7, 11) is 1.71. The molecule has 0 radical (unpaired) electrons. The average Bonchev–Trinajstić information content (AvgIpc) is 3.22. The van der Waals surface area contributed by atoms with Crippen molar-refractivity contribution in [3.05, 3.63) is 58.3 Å². The number of carbonyl (C=O) groups is 1. The van der Waals surface area contributed by atoms with Crippen molar-refractivity contribution in [2.75, 3.05) is 5.32 Å². The minimum atomic E-state index is -0.231. The molecule has 1 aromatic carbocycles. The molecule has 4 aromatic rings. The number of hydrogen-bond donors (Lipinski definition) is 1. The first kappa shape index (κ1) is 16.4. The summed E-state index contributed by atoms with van der Waals surface area (Å²) in [6.45, 7) is 1.93. The van der Waals surface area contributed by atoms with Crippen molar-refractivity contribution in [1.82, 2.24) is 29.8 Å². The van der Waals surface area contributed by atoms with E-state index in [4.69, 9.17) is 0 Å². The van der Waals surface area contributed by atoms with Crippen LogP contribution in [-0.4, -0.2) is 35.7 Å². The van der Waals surface area contributed by atoms with Crippen LogP contribution in [0.2, 0.25) is 0 Å². The number of fused-ring (bicyclic) bond motifs is 1. The molecule has 3 heterocycles. The molecule has 0 unspecified atom stereocenters. The van der Waals surface area contributed by atoms with Crippen molar-refractivity contribution in [3.8, 4) is 11.4 Å². The van der Waals surface area contributed by atoms with E-state index in [9.17, 15) is 4.79 Å². The number of rotatable bonds is 3. The highest BCUT2D eigenvalue weighted by Crippen LogP contribution is 2.24. The summed E-state index contributed by atoms with van der Waals surface area (Å²) in [4.78, 5) is 14.2. The molecule has 0 aliphatic heterocycles. The molecule has 0 spiro atoms. The maximum atomic E-state index is 12.8. The summed E-state index contributed by atoms with van der Waals surface area (Å²) >= 11 is 3.42. The SMILES string of the molecule is Cc1ccc(-c2nnn(C)n2)cc1NC(=O)c1cnn2ccc(Br)cc12. The maximum Gasteiger partial charge on any atom is 0.259 e. The molecule has 0 saturated carbocycles. The minimum absolute atomic E-state index is 0.231. The highest BCUT2D eigenvalue weighted by molar-refractivity contribution is 9.10. The second-order valence-electron chi connectivity index (χ2n) is 5.82. The molecule has 4 rings (SSSR count). The molecule has 3 aromatic heterocycles. The molecule has 1 N–H and O–H groups in total. The van der Waals surface area contributed by atoms with Gasteiger partial charge in [-0.3, -0.25) is 4.79 Å². The number of anilines is 1. The molecule has 26 heavy (non-hydrogen) atoms. The summed E-state index contributed by atoms with van der Waals surface area (Å²) in [5.74, 6) is 0.272. The number of benzene rings is 1. The van der Waals surface area contributed by atoms with Gasteiger partial charge in [0.1, 0.15) is 0 Å². The van der Waals surface area contributed by atoms with E-state index in [1.54, 1.807) is 24.0 Å². The fraction of sp³-hybridized carbons (Fsp3) is 0.118. The van der Waals surface area contributed by atoms with Crippen LogP contribution in [-0.2, 0) is 7.05 Å². The lowest BCUT2D eigenvalue weighted by Gasteiger charge is -2.09. The van der Waals surface area contributed by atoms with E-state index in [-0.39, 0.29) is 5.91 Å². The third kappa shape index (κ3) is 2.97. The normalized spacial score (nSPS) is 11.0. The first-order valence-corrected chi connectivity index (χ1v) is 8.60. The molecule has 9 heteroatoms. The van der Waals surface area contributed by atoms with Gasteiger partial charge in [-0.05, 0) is 35.9 Å². The van der Waals surface area contributed by atoms with E-state index < -0.39 is 0 Å². The second kappa shape index (κ2) is 6.34. The lowest BCUT2D eigenvalue weighted by molar-refractivity contribution is 0.102. The number of nitrogens with zero attached hydrogens (tertiary/aromatic N) is 6. The lowest BCUT2D eigenvalue weighted by atomic mass is 10.1. The summed E-state index contributed by atoms with van der Waals surface area (Å²) in [5, 5.41) is 19.2. The fourth-order valence-electron chi connectivity index (χ4n) is 2.61. The Kier molecular flexibility index (Phi) is 4.00. The molecule has 130 valence electrons. The zero-order chi connectivity index (χ0) is 18.3. The van der Waals surface area contributed by atoms with Gasteiger partial charge in [0.15, 0.2) is 0 Å². The number of amides is 1. The van der Waals surface area contributed by atoms with Gasteiger partial charge in [0.25, 0.3) is 5.91 Å². The van der Waals surface area contributed by atoms with Gasteiger partial charge in [-0.1, -0.05) is 28.1 Å². The first-order valence-electron chi connectivity index (χ1n) is 7.80. The van der Waals surface area contributed by atoms with Crippen molar-refractivity contribution in [1.29, 1.82) is 0 Å². The number of aromatic nitrogens is 6. The largest absolute Gasteiger partial charge is 0.322 e.